The molecule has 0 amide bonds. The van der Waals surface area contributed by atoms with Gasteiger partial charge in [0.05, 0.1) is 10.6 Å². The monoisotopic (exact) mass is 218 g/mol. The van der Waals surface area contributed by atoms with Crippen LogP contribution in [0.2, 0.25) is 0 Å². The summed E-state index contributed by atoms with van der Waals surface area (Å²) in [6.07, 6.45) is 0. The van der Waals surface area contributed by atoms with Gasteiger partial charge in [-0.3, -0.25) is 0 Å². The zero-order chi connectivity index (χ0) is 10.8. The molecule has 0 saturated heterocycles. The molecule has 2 N–H and O–H groups in total. The topological polar surface area (TPSA) is 38.9 Å². The number of aromatic nitrogens is 1. The normalized spacial score (nSPS) is 10.6. The first-order valence-corrected chi connectivity index (χ1v) is 5.76. The molecule has 0 aliphatic carbocycles. The van der Waals surface area contributed by atoms with E-state index in [0.717, 1.165) is 10.7 Å². The molecule has 0 atom stereocenters. The minimum Gasteiger partial charge on any atom is -0.325 e. The Kier molecular flexibility index (Phi) is 2.84. The van der Waals surface area contributed by atoms with E-state index in [1.807, 2.05) is 6.92 Å². The summed E-state index contributed by atoms with van der Waals surface area (Å²) in [5, 5.41) is 1.00. The molecule has 0 aliphatic rings. The second-order valence-corrected chi connectivity index (χ2v) is 4.68. The van der Waals surface area contributed by atoms with E-state index < -0.39 is 0 Å². The van der Waals surface area contributed by atoms with Crippen molar-refractivity contribution in [3.63, 3.8) is 0 Å². The predicted molar refractivity (Wildman–Crippen MR) is 64.9 cm³/mol. The highest BCUT2D eigenvalue weighted by Gasteiger charge is 2.08. The van der Waals surface area contributed by atoms with E-state index in [4.69, 9.17) is 5.73 Å². The quantitative estimate of drug-likeness (QED) is 0.841. The summed E-state index contributed by atoms with van der Waals surface area (Å²) >= 11 is 1.69. The molecule has 0 unspecified atom stereocenters. The van der Waals surface area contributed by atoms with Crippen LogP contribution in [0.1, 0.15) is 16.3 Å². The van der Waals surface area contributed by atoms with Crippen molar-refractivity contribution in [1.82, 2.24) is 4.98 Å². The molecule has 0 bridgehead atoms. The molecular formula is C12H14N2S. The SMILES string of the molecule is Cc1cccc(-c2sc(CN)nc2C)c1. The van der Waals surface area contributed by atoms with Crippen molar-refractivity contribution < 1.29 is 0 Å². The Morgan fingerprint density at radius 1 is 1.33 bits per heavy atom. The van der Waals surface area contributed by atoms with Gasteiger partial charge in [-0.15, -0.1) is 11.3 Å². The van der Waals surface area contributed by atoms with Crippen LogP contribution in [0.4, 0.5) is 0 Å². The van der Waals surface area contributed by atoms with Crippen molar-refractivity contribution in [2.45, 2.75) is 20.4 Å². The number of benzene rings is 1. The summed E-state index contributed by atoms with van der Waals surface area (Å²) in [4.78, 5) is 5.66. The molecule has 0 radical (unpaired) electrons. The second-order valence-electron chi connectivity index (χ2n) is 3.60. The van der Waals surface area contributed by atoms with Crippen molar-refractivity contribution in [3.8, 4) is 10.4 Å². The summed E-state index contributed by atoms with van der Waals surface area (Å²) < 4.78 is 0. The standard InChI is InChI=1S/C12H14N2S/c1-8-4-3-5-10(6-8)12-9(2)14-11(7-13)15-12/h3-6H,7,13H2,1-2H3. The lowest BCUT2D eigenvalue weighted by atomic mass is 10.1. The Bertz CT molecular complexity index is 474. The molecule has 78 valence electrons. The maximum absolute atomic E-state index is 5.59. The fraction of sp³-hybridized carbons (Fsp3) is 0.250. The van der Waals surface area contributed by atoms with Crippen LogP contribution in [-0.4, -0.2) is 4.98 Å². The first kappa shape index (κ1) is 10.3. The molecule has 1 heterocycles. The van der Waals surface area contributed by atoms with Gasteiger partial charge in [-0.25, -0.2) is 4.98 Å². The summed E-state index contributed by atoms with van der Waals surface area (Å²) in [6.45, 7) is 4.66. The number of hydrogen-bond acceptors (Lipinski definition) is 3. The van der Waals surface area contributed by atoms with Crippen molar-refractivity contribution in [2.75, 3.05) is 0 Å². The summed E-state index contributed by atoms with van der Waals surface area (Å²) in [5.74, 6) is 0. The van der Waals surface area contributed by atoms with Crippen molar-refractivity contribution in [2.24, 2.45) is 5.73 Å². The average molecular weight is 218 g/mol. The molecular weight excluding hydrogens is 204 g/mol. The smallest absolute Gasteiger partial charge is 0.107 e. The number of aryl methyl sites for hydroxylation is 2. The third kappa shape index (κ3) is 2.08. The van der Waals surface area contributed by atoms with Crippen molar-refractivity contribution in [1.29, 1.82) is 0 Å². The Balaban J connectivity index is 2.48. The van der Waals surface area contributed by atoms with Gasteiger partial charge in [-0.05, 0) is 19.4 Å². The lowest BCUT2D eigenvalue weighted by Crippen LogP contribution is -1.94. The molecule has 0 aliphatic heterocycles. The van der Waals surface area contributed by atoms with E-state index in [2.05, 4.69) is 36.2 Å². The van der Waals surface area contributed by atoms with Gasteiger partial charge in [0.1, 0.15) is 5.01 Å². The minimum atomic E-state index is 0.525. The molecule has 2 rings (SSSR count). The highest BCUT2D eigenvalue weighted by atomic mass is 32.1. The van der Waals surface area contributed by atoms with Gasteiger partial charge in [0.2, 0.25) is 0 Å². The van der Waals surface area contributed by atoms with Crippen LogP contribution in [0.5, 0.6) is 0 Å². The van der Waals surface area contributed by atoms with E-state index in [1.54, 1.807) is 11.3 Å². The highest BCUT2D eigenvalue weighted by molar-refractivity contribution is 7.15. The second kappa shape index (κ2) is 4.13. The maximum Gasteiger partial charge on any atom is 0.107 e. The van der Waals surface area contributed by atoms with Crippen molar-refractivity contribution in [3.05, 3.63) is 40.5 Å². The van der Waals surface area contributed by atoms with Crippen molar-refractivity contribution >= 4 is 11.3 Å². The fourth-order valence-corrected chi connectivity index (χ4v) is 2.53. The van der Waals surface area contributed by atoms with E-state index in [0.29, 0.717) is 6.54 Å². The Morgan fingerprint density at radius 3 is 2.73 bits per heavy atom. The highest BCUT2D eigenvalue weighted by Crippen LogP contribution is 2.30. The molecule has 0 spiro atoms. The fourth-order valence-electron chi connectivity index (χ4n) is 1.59. The summed E-state index contributed by atoms with van der Waals surface area (Å²) in [6, 6.07) is 8.48. The largest absolute Gasteiger partial charge is 0.325 e. The molecule has 0 saturated carbocycles. The zero-order valence-corrected chi connectivity index (χ0v) is 9.77. The van der Waals surface area contributed by atoms with Crippen LogP contribution in [-0.2, 0) is 6.54 Å². The number of nitrogens with two attached hydrogens (primary N) is 1. The van der Waals surface area contributed by atoms with Crippen LogP contribution >= 0.6 is 11.3 Å². The molecule has 1 aromatic carbocycles. The van der Waals surface area contributed by atoms with E-state index in [-0.39, 0.29) is 0 Å². The molecule has 1 aromatic heterocycles. The van der Waals surface area contributed by atoms with Crippen LogP contribution in [0.3, 0.4) is 0 Å². The van der Waals surface area contributed by atoms with Crippen LogP contribution in [0.25, 0.3) is 10.4 Å². The average Bonchev–Trinajstić information content (AvgIpc) is 2.60. The van der Waals surface area contributed by atoms with Gasteiger partial charge in [0.15, 0.2) is 0 Å². The number of thiazole rings is 1. The molecule has 15 heavy (non-hydrogen) atoms. The number of hydrogen-bond donors (Lipinski definition) is 1. The Labute approximate surface area is 93.8 Å². The summed E-state index contributed by atoms with van der Waals surface area (Å²) in [5.41, 5.74) is 9.18. The van der Waals surface area contributed by atoms with Gasteiger partial charge in [0, 0.05) is 6.54 Å². The minimum absolute atomic E-state index is 0.525. The van der Waals surface area contributed by atoms with Crippen LogP contribution < -0.4 is 5.73 Å². The lowest BCUT2D eigenvalue weighted by Gasteiger charge is -1.99. The van der Waals surface area contributed by atoms with E-state index in [9.17, 15) is 0 Å². The van der Waals surface area contributed by atoms with Gasteiger partial charge in [-0.2, -0.15) is 0 Å². The number of nitrogens with zero attached hydrogens (tertiary/aromatic N) is 1. The Morgan fingerprint density at radius 2 is 2.13 bits per heavy atom. The number of rotatable bonds is 2. The molecule has 2 aromatic rings. The van der Waals surface area contributed by atoms with Gasteiger partial charge < -0.3 is 5.73 Å². The van der Waals surface area contributed by atoms with E-state index >= 15 is 0 Å². The maximum atomic E-state index is 5.59. The van der Waals surface area contributed by atoms with Gasteiger partial charge >= 0.3 is 0 Å². The van der Waals surface area contributed by atoms with Gasteiger partial charge in [-0.1, -0.05) is 29.8 Å². The van der Waals surface area contributed by atoms with E-state index in [1.165, 1.54) is 16.0 Å². The predicted octanol–water partition coefficient (Wildman–Crippen LogP) is 2.89. The molecule has 3 heteroatoms. The van der Waals surface area contributed by atoms with Crippen LogP contribution in [0, 0.1) is 13.8 Å². The third-order valence-corrected chi connectivity index (χ3v) is 3.52. The summed E-state index contributed by atoms with van der Waals surface area (Å²) in [7, 11) is 0. The zero-order valence-electron chi connectivity index (χ0n) is 8.95. The Hall–Kier alpha value is -1.19. The molecule has 2 nitrogen and oxygen atoms in total. The first-order chi connectivity index (χ1) is 7.20. The molecule has 0 fully saturated rings. The first-order valence-electron chi connectivity index (χ1n) is 4.94. The lowest BCUT2D eigenvalue weighted by molar-refractivity contribution is 1.02. The third-order valence-electron chi connectivity index (χ3n) is 2.30. The van der Waals surface area contributed by atoms with Gasteiger partial charge in [0.25, 0.3) is 0 Å². The van der Waals surface area contributed by atoms with Crippen LogP contribution in [0.15, 0.2) is 24.3 Å².